The van der Waals surface area contributed by atoms with E-state index < -0.39 is 4.92 Å². The molecule has 0 fully saturated rings. The minimum Gasteiger partial charge on any atom is -0.258 e. The highest BCUT2D eigenvalue weighted by atomic mass is 79.9. The van der Waals surface area contributed by atoms with Crippen LogP contribution >= 0.6 is 27.3 Å². The lowest BCUT2D eigenvalue weighted by molar-refractivity contribution is -0.385. The summed E-state index contributed by atoms with van der Waals surface area (Å²) >= 11 is 4.72. The van der Waals surface area contributed by atoms with Crippen LogP contribution in [0.25, 0.3) is 22.9 Å². The summed E-state index contributed by atoms with van der Waals surface area (Å²) in [4.78, 5) is 15.2. The molecule has 1 heterocycles. The van der Waals surface area contributed by atoms with E-state index in [1.165, 1.54) is 23.5 Å². The van der Waals surface area contributed by atoms with Crippen molar-refractivity contribution in [3.8, 4) is 17.3 Å². The van der Waals surface area contributed by atoms with Crippen LogP contribution in [-0.2, 0) is 0 Å². The Kier molecular flexibility index (Phi) is 5.03. The first-order chi connectivity index (χ1) is 12.1. The second-order valence-electron chi connectivity index (χ2n) is 5.03. The molecule has 5 nitrogen and oxygen atoms in total. The van der Waals surface area contributed by atoms with Crippen LogP contribution in [0.2, 0.25) is 0 Å². The first-order valence-electron chi connectivity index (χ1n) is 7.15. The van der Waals surface area contributed by atoms with Gasteiger partial charge < -0.3 is 0 Å². The van der Waals surface area contributed by atoms with Gasteiger partial charge in [0.05, 0.1) is 21.8 Å². The van der Waals surface area contributed by atoms with Crippen molar-refractivity contribution in [2.24, 2.45) is 0 Å². The number of halogens is 1. The van der Waals surface area contributed by atoms with Gasteiger partial charge in [0, 0.05) is 21.5 Å². The van der Waals surface area contributed by atoms with Gasteiger partial charge in [0.1, 0.15) is 11.1 Å². The SMILES string of the molecule is N#C/C(=C\c1ccccc1[N+](=O)[O-])c1nc(-c2ccc(Br)cc2)cs1. The lowest BCUT2D eigenvalue weighted by Gasteiger charge is -1.98. The van der Waals surface area contributed by atoms with Crippen LogP contribution in [0.5, 0.6) is 0 Å². The maximum Gasteiger partial charge on any atom is 0.276 e. The van der Waals surface area contributed by atoms with Crippen molar-refractivity contribution in [1.29, 1.82) is 5.26 Å². The summed E-state index contributed by atoms with van der Waals surface area (Å²) in [5.74, 6) is 0. The number of hydrogen-bond donors (Lipinski definition) is 0. The number of benzene rings is 2. The fourth-order valence-electron chi connectivity index (χ4n) is 2.22. The normalized spacial score (nSPS) is 11.1. The molecule has 0 saturated heterocycles. The molecule has 0 amide bonds. The molecule has 0 aliphatic carbocycles. The zero-order valence-electron chi connectivity index (χ0n) is 12.7. The predicted molar refractivity (Wildman–Crippen MR) is 102 cm³/mol. The number of aromatic nitrogens is 1. The van der Waals surface area contributed by atoms with Crippen molar-refractivity contribution in [2.45, 2.75) is 0 Å². The number of allylic oxidation sites excluding steroid dienone is 1. The fraction of sp³-hybridized carbons (Fsp3) is 0. The molecule has 0 aliphatic rings. The Morgan fingerprint density at radius 3 is 2.64 bits per heavy atom. The van der Waals surface area contributed by atoms with Gasteiger partial charge in [-0.15, -0.1) is 11.3 Å². The predicted octanol–water partition coefficient (Wildman–Crippen LogP) is 5.54. The highest BCUT2D eigenvalue weighted by molar-refractivity contribution is 9.10. The Hall–Kier alpha value is -2.82. The summed E-state index contributed by atoms with van der Waals surface area (Å²) in [7, 11) is 0. The summed E-state index contributed by atoms with van der Waals surface area (Å²) in [5, 5.41) is 23.0. The van der Waals surface area contributed by atoms with E-state index in [1.54, 1.807) is 18.2 Å². The zero-order valence-corrected chi connectivity index (χ0v) is 15.1. The van der Waals surface area contributed by atoms with Crippen molar-refractivity contribution in [3.63, 3.8) is 0 Å². The fourth-order valence-corrected chi connectivity index (χ4v) is 3.28. The molecule has 0 atom stereocenters. The largest absolute Gasteiger partial charge is 0.276 e. The van der Waals surface area contributed by atoms with E-state index in [1.807, 2.05) is 29.6 Å². The third-order valence-corrected chi connectivity index (χ3v) is 4.83. The van der Waals surface area contributed by atoms with Gasteiger partial charge in [-0.3, -0.25) is 10.1 Å². The lowest BCUT2D eigenvalue weighted by Crippen LogP contribution is -1.91. The quantitative estimate of drug-likeness (QED) is 0.320. The Labute approximate surface area is 156 Å². The number of hydrogen-bond acceptors (Lipinski definition) is 5. The maximum absolute atomic E-state index is 11.1. The summed E-state index contributed by atoms with van der Waals surface area (Å²) in [6.45, 7) is 0. The van der Waals surface area contributed by atoms with Crippen LogP contribution in [0.3, 0.4) is 0 Å². The van der Waals surface area contributed by atoms with Gasteiger partial charge in [0.15, 0.2) is 0 Å². The first kappa shape index (κ1) is 17.0. The van der Waals surface area contributed by atoms with Crippen molar-refractivity contribution >= 4 is 44.6 Å². The van der Waals surface area contributed by atoms with E-state index >= 15 is 0 Å². The van der Waals surface area contributed by atoms with Crippen LogP contribution in [0.15, 0.2) is 58.4 Å². The number of nitriles is 1. The number of nitro benzene ring substituents is 1. The smallest absolute Gasteiger partial charge is 0.258 e. The topological polar surface area (TPSA) is 79.8 Å². The third-order valence-electron chi connectivity index (χ3n) is 3.43. The molecule has 2 aromatic carbocycles. The number of para-hydroxylation sites is 1. The van der Waals surface area contributed by atoms with E-state index in [-0.39, 0.29) is 5.69 Å². The molecule has 0 unspecified atom stereocenters. The van der Waals surface area contributed by atoms with Gasteiger partial charge in [0.2, 0.25) is 0 Å². The van der Waals surface area contributed by atoms with Gasteiger partial charge in [-0.1, -0.05) is 40.2 Å². The average molecular weight is 412 g/mol. The van der Waals surface area contributed by atoms with Crippen LogP contribution in [0, 0.1) is 21.4 Å². The Bertz CT molecular complexity index is 1000. The first-order valence-corrected chi connectivity index (χ1v) is 8.83. The van der Waals surface area contributed by atoms with E-state index in [0.29, 0.717) is 16.1 Å². The van der Waals surface area contributed by atoms with Crippen LogP contribution < -0.4 is 0 Å². The highest BCUT2D eigenvalue weighted by Crippen LogP contribution is 2.29. The number of thiazole rings is 1. The van der Waals surface area contributed by atoms with E-state index in [0.717, 1.165) is 15.7 Å². The molecule has 0 N–H and O–H groups in total. The summed E-state index contributed by atoms with van der Waals surface area (Å²) in [5.41, 5.74) is 2.33. The second-order valence-corrected chi connectivity index (χ2v) is 6.80. The molecular weight excluding hydrogens is 402 g/mol. The van der Waals surface area contributed by atoms with Gasteiger partial charge >= 0.3 is 0 Å². The van der Waals surface area contributed by atoms with E-state index in [4.69, 9.17) is 0 Å². The van der Waals surface area contributed by atoms with Crippen LogP contribution in [0.4, 0.5) is 5.69 Å². The number of nitro groups is 1. The molecule has 0 saturated carbocycles. The van der Waals surface area contributed by atoms with Gasteiger partial charge in [-0.25, -0.2) is 4.98 Å². The number of rotatable bonds is 4. The molecule has 0 spiro atoms. The molecule has 7 heteroatoms. The van der Waals surface area contributed by atoms with Gasteiger partial charge in [0.25, 0.3) is 5.69 Å². The number of nitrogens with zero attached hydrogens (tertiary/aromatic N) is 3. The van der Waals surface area contributed by atoms with Crippen molar-refractivity contribution < 1.29 is 4.92 Å². The van der Waals surface area contributed by atoms with Gasteiger partial charge in [-0.2, -0.15) is 5.26 Å². The zero-order chi connectivity index (χ0) is 17.8. The van der Waals surface area contributed by atoms with Gasteiger partial charge in [-0.05, 0) is 24.3 Å². The minimum atomic E-state index is -0.462. The van der Waals surface area contributed by atoms with Crippen LogP contribution in [0.1, 0.15) is 10.6 Å². The molecule has 122 valence electrons. The lowest BCUT2D eigenvalue weighted by atomic mass is 10.1. The molecule has 3 aromatic rings. The molecule has 0 aliphatic heterocycles. The van der Waals surface area contributed by atoms with Crippen molar-refractivity contribution in [1.82, 2.24) is 4.98 Å². The Balaban J connectivity index is 1.99. The van der Waals surface area contributed by atoms with Crippen molar-refractivity contribution in [2.75, 3.05) is 0 Å². The molecule has 0 bridgehead atoms. The molecule has 25 heavy (non-hydrogen) atoms. The third kappa shape index (κ3) is 3.82. The maximum atomic E-state index is 11.1. The highest BCUT2D eigenvalue weighted by Gasteiger charge is 2.14. The van der Waals surface area contributed by atoms with Crippen molar-refractivity contribution in [3.05, 3.63) is 79.1 Å². The molecule has 1 aromatic heterocycles. The van der Waals surface area contributed by atoms with E-state index in [2.05, 4.69) is 27.0 Å². The minimum absolute atomic E-state index is 0.0417. The average Bonchev–Trinajstić information content (AvgIpc) is 3.10. The van der Waals surface area contributed by atoms with E-state index in [9.17, 15) is 15.4 Å². The second kappa shape index (κ2) is 7.38. The summed E-state index contributed by atoms with van der Waals surface area (Å²) < 4.78 is 0.973. The Morgan fingerprint density at radius 2 is 1.96 bits per heavy atom. The molecular formula is C18H10BrN3O2S. The van der Waals surface area contributed by atoms with Crippen LogP contribution in [-0.4, -0.2) is 9.91 Å². The Morgan fingerprint density at radius 1 is 1.24 bits per heavy atom. The standard InChI is InChI=1S/C18H10BrN3O2S/c19-15-7-5-12(6-8-15)16-11-25-18(21-16)14(10-20)9-13-3-1-2-4-17(13)22(23)24/h1-9,11H/b14-9+. The summed E-state index contributed by atoms with van der Waals surface area (Å²) in [6.07, 6.45) is 1.50. The molecule has 3 rings (SSSR count). The summed E-state index contributed by atoms with van der Waals surface area (Å²) in [6, 6.07) is 16.1. The molecule has 0 radical (unpaired) electrons. The monoisotopic (exact) mass is 411 g/mol.